The van der Waals surface area contributed by atoms with E-state index >= 15 is 0 Å². The molecule has 0 saturated carbocycles. The molecule has 1 aliphatic heterocycles. The van der Waals surface area contributed by atoms with Crippen molar-refractivity contribution in [3.05, 3.63) is 35.4 Å². The molecule has 78 valence electrons. The van der Waals surface area contributed by atoms with Gasteiger partial charge < -0.3 is 0 Å². The molecule has 1 aromatic rings. The number of nitrogens with zero attached hydrogens (tertiary/aromatic N) is 1. The summed E-state index contributed by atoms with van der Waals surface area (Å²) in [5, 5.41) is 0. The number of amides is 2. The van der Waals surface area contributed by atoms with Gasteiger partial charge in [0.1, 0.15) is 0 Å². The Morgan fingerprint density at radius 2 is 1.67 bits per heavy atom. The Hall–Kier alpha value is -1.16. The highest BCUT2D eigenvalue weighted by Gasteiger charge is 2.37. The number of halogens is 1. The fourth-order valence-electron chi connectivity index (χ4n) is 1.64. The number of carbonyl (C=O) groups is 2. The summed E-state index contributed by atoms with van der Waals surface area (Å²) in [4.78, 5) is 24.8. The number of imide groups is 1. The first-order valence-electron chi connectivity index (χ1n) is 4.77. The highest BCUT2D eigenvalue weighted by Crippen LogP contribution is 2.27. The molecule has 4 heteroatoms. The lowest BCUT2D eigenvalue weighted by Gasteiger charge is -2.18. The van der Waals surface area contributed by atoms with Crippen LogP contribution in [0.2, 0.25) is 0 Å². The number of fused-ring (bicyclic) bond motifs is 1. The van der Waals surface area contributed by atoms with E-state index in [4.69, 9.17) is 0 Å². The first-order chi connectivity index (χ1) is 7.16. The van der Waals surface area contributed by atoms with Crippen LogP contribution in [0.5, 0.6) is 0 Å². The minimum Gasteiger partial charge on any atom is -0.269 e. The third kappa shape index (κ3) is 1.49. The summed E-state index contributed by atoms with van der Waals surface area (Å²) in [6.07, 6.45) is 0.700. The normalized spacial score (nSPS) is 16.8. The van der Waals surface area contributed by atoms with E-state index in [1.165, 1.54) is 4.90 Å². The zero-order valence-corrected chi connectivity index (χ0v) is 9.82. The topological polar surface area (TPSA) is 37.4 Å². The molecule has 2 rings (SSSR count). The predicted molar refractivity (Wildman–Crippen MR) is 59.9 cm³/mol. The fourth-order valence-corrected chi connectivity index (χ4v) is 2.02. The van der Waals surface area contributed by atoms with Crippen molar-refractivity contribution in [2.45, 2.75) is 18.3 Å². The standard InChI is InChI=1S/C11H10BrNO2/c1-2-9(12)13-10(14)7-5-3-4-6-8(7)11(13)15/h3-6,9H,2H2,1H3/t9-/m1/s1. The smallest absolute Gasteiger partial charge is 0.262 e. The summed E-state index contributed by atoms with van der Waals surface area (Å²) >= 11 is 3.33. The van der Waals surface area contributed by atoms with E-state index in [-0.39, 0.29) is 16.8 Å². The van der Waals surface area contributed by atoms with Gasteiger partial charge in [-0.15, -0.1) is 0 Å². The van der Waals surface area contributed by atoms with Crippen molar-refractivity contribution in [2.24, 2.45) is 0 Å². The third-order valence-electron chi connectivity index (χ3n) is 2.44. The van der Waals surface area contributed by atoms with Crippen molar-refractivity contribution >= 4 is 27.7 Å². The molecule has 0 radical (unpaired) electrons. The van der Waals surface area contributed by atoms with Crippen LogP contribution in [0.25, 0.3) is 0 Å². The molecule has 0 fully saturated rings. The second-order valence-electron chi connectivity index (χ2n) is 3.37. The largest absolute Gasteiger partial charge is 0.269 e. The van der Waals surface area contributed by atoms with Crippen LogP contribution >= 0.6 is 15.9 Å². The summed E-state index contributed by atoms with van der Waals surface area (Å²) in [5.74, 6) is -0.418. The van der Waals surface area contributed by atoms with Crippen LogP contribution < -0.4 is 0 Å². The van der Waals surface area contributed by atoms with E-state index in [9.17, 15) is 9.59 Å². The highest BCUT2D eigenvalue weighted by molar-refractivity contribution is 9.09. The Bertz CT molecular complexity index is 395. The number of rotatable bonds is 2. The van der Waals surface area contributed by atoms with Crippen LogP contribution in [0, 0.1) is 0 Å². The molecule has 2 amide bonds. The summed E-state index contributed by atoms with van der Waals surface area (Å²) in [6.45, 7) is 1.92. The van der Waals surface area contributed by atoms with E-state index in [2.05, 4.69) is 15.9 Å². The average molecular weight is 268 g/mol. The molecule has 1 aromatic carbocycles. The van der Waals surface area contributed by atoms with Gasteiger partial charge in [0, 0.05) is 0 Å². The summed E-state index contributed by atoms with van der Waals surface area (Å²) in [6, 6.07) is 6.90. The summed E-state index contributed by atoms with van der Waals surface area (Å²) in [7, 11) is 0. The molecule has 0 aromatic heterocycles. The molecular weight excluding hydrogens is 258 g/mol. The van der Waals surface area contributed by atoms with E-state index in [0.717, 1.165) is 0 Å². The minimum absolute atomic E-state index is 0.209. The van der Waals surface area contributed by atoms with Gasteiger partial charge in [-0.05, 0) is 18.6 Å². The Kier molecular flexibility index (Phi) is 2.61. The zero-order valence-electron chi connectivity index (χ0n) is 8.24. The SMILES string of the molecule is CC[C@H](Br)N1C(=O)c2ccccc2C1=O. The third-order valence-corrected chi connectivity index (χ3v) is 3.50. The minimum atomic E-state index is -0.218. The average Bonchev–Trinajstić information content (AvgIpc) is 2.52. The lowest BCUT2D eigenvalue weighted by atomic mass is 10.1. The van der Waals surface area contributed by atoms with E-state index < -0.39 is 0 Å². The van der Waals surface area contributed by atoms with Crippen molar-refractivity contribution in [2.75, 3.05) is 0 Å². The first kappa shape index (κ1) is 10.4. The maximum Gasteiger partial charge on any atom is 0.262 e. The van der Waals surface area contributed by atoms with Crippen molar-refractivity contribution in [3.8, 4) is 0 Å². The van der Waals surface area contributed by atoms with Gasteiger partial charge in [-0.2, -0.15) is 0 Å². The number of hydrogen-bond acceptors (Lipinski definition) is 2. The number of benzene rings is 1. The molecule has 1 atom stereocenters. The molecule has 3 nitrogen and oxygen atoms in total. The van der Waals surface area contributed by atoms with Gasteiger partial charge in [-0.1, -0.05) is 35.0 Å². The van der Waals surface area contributed by atoms with E-state index in [0.29, 0.717) is 17.5 Å². The van der Waals surface area contributed by atoms with E-state index in [1.54, 1.807) is 24.3 Å². The second-order valence-corrected chi connectivity index (χ2v) is 4.43. The summed E-state index contributed by atoms with van der Waals surface area (Å²) in [5.41, 5.74) is 1.00. The fraction of sp³-hybridized carbons (Fsp3) is 0.273. The lowest BCUT2D eigenvalue weighted by molar-refractivity contribution is 0.0639. The Morgan fingerprint density at radius 3 is 2.07 bits per heavy atom. The molecular formula is C11H10BrNO2. The number of hydrogen-bond donors (Lipinski definition) is 0. The molecule has 0 N–H and O–H groups in total. The summed E-state index contributed by atoms with van der Waals surface area (Å²) < 4.78 is 0. The van der Waals surface area contributed by atoms with Gasteiger partial charge in [0.25, 0.3) is 11.8 Å². The van der Waals surface area contributed by atoms with Crippen LogP contribution in [0.1, 0.15) is 34.1 Å². The van der Waals surface area contributed by atoms with Crippen molar-refractivity contribution in [1.29, 1.82) is 0 Å². The van der Waals surface area contributed by atoms with Crippen molar-refractivity contribution < 1.29 is 9.59 Å². The molecule has 0 aliphatic carbocycles. The van der Waals surface area contributed by atoms with Gasteiger partial charge in [-0.3, -0.25) is 14.5 Å². The number of alkyl halides is 1. The molecule has 1 aliphatic rings. The van der Waals surface area contributed by atoms with Gasteiger partial charge in [0.2, 0.25) is 0 Å². The molecule has 0 unspecified atom stereocenters. The molecule has 15 heavy (non-hydrogen) atoms. The lowest BCUT2D eigenvalue weighted by Crippen LogP contribution is -2.35. The van der Waals surface area contributed by atoms with Crippen LogP contribution in [0.4, 0.5) is 0 Å². The number of carbonyl (C=O) groups excluding carboxylic acids is 2. The van der Waals surface area contributed by atoms with Crippen LogP contribution in [-0.2, 0) is 0 Å². The second kappa shape index (κ2) is 3.77. The van der Waals surface area contributed by atoms with Crippen LogP contribution in [-0.4, -0.2) is 21.7 Å². The molecule has 0 spiro atoms. The predicted octanol–water partition coefficient (Wildman–Crippen LogP) is 2.41. The van der Waals surface area contributed by atoms with Gasteiger partial charge in [0.15, 0.2) is 0 Å². The van der Waals surface area contributed by atoms with E-state index in [1.807, 2.05) is 6.92 Å². The van der Waals surface area contributed by atoms with Crippen LogP contribution in [0.3, 0.4) is 0 Å². The highest BCUT2D eigenvalue weighted by atomic mass is 79.9. The van der Waals surface area contributed by atoms with Crippen molar-refractivity contribution in [1.82, 2.24) is 4.90 Å². The van der Waals surface area contributed by atoms with Gasteiger partial charge in [0.05, 0.1) is 16.1 Å². The maximum absolute atomic E-state index is 11.9. The zero-order chi connectivity index (χ0) is 11.0. The molecule has 0 bridgehead atoms. The molecule has 1 heterocycles. The van der Waals surface area contributed by atoms with Crippen LogP contribution in [0.15, 0.2) is 24.3 Å². The van der Waals surface area contributed by atoms with Crippen molar-refractivity contribution in [3.63, 3.8) is 0 Å². The monoisotopic (exact) mass is 267 g/mol. The van der Waals surface area contributed by atoms with Gasteiger partial charge in [-0.25, -0.2) is 0 Å². The Labute approximate surface area is 96.2 Å². The van der Waals surface area contributed by atoms with Gasteiger partial charge >= 0.3 is 0 Å². The Morgan fingerprint density at radius 1 is 1.20 bits per heavy atom. The Balaban J connectivity index is 2.45. The quantitative estimate of drug-likeness (QED) is 0.469. The maximum atomic E-state index is 11.9. The first-order valence-corrected chi connectivity index (χ1v) is 5.69. The molecule has 0 saturated heterocycles.